The van der Waals surface area contributed by atoms with Crippen molar-refractivity contribution in [1.29, 1.82) is 0 Å². The molecule has 0 fully saturated rings. The summed E-state index contributed by atoms with van der Waals surface area (Å²) in [5, 5.41) is 9.00. The number of amides is 1. The molecule has 1 amide bonds. The van der Waals surface area contributed by atoms with Crippen molar-refractivity contribution in [1.82, 2.24) is 16.0 Å². The standard InChI is InChI=1S/C19H32N4O4/c1-19(2,3)27-18(24)23-12-11-22-17(20-4)21-10-7-13-26-16-9-6-8-15(14-16)25-5/h6,8-9,14H,7,10-13H2,1-5H3,(H,23,24)(H2,20,21,22). The van der Waals surface area contributed by atoms with E-state index in [9.17, 15) is 4.79 Å². The van der Waals surface area contributed by atoms with Gasteiger partial charge in [0.1, 0.15) is 17.1 Å². The van der Waals surface area contributed by atoms with E-state index in [1.165, 1.54) is 0 Å². The number of carbonyl (C=O) groups excluding carboxylic acids is 1. The van der Waals surface area contributed by atoms with Gasteiger partial charge in [0.15, 0.2) is 5.96 Å². The fourth-order valence-electron chi connectivity index (χ4n) is 2.04. The fourth-order valence-corrected chi connectivity index (χ4v) is 2.04. The van der Waals surface area contributed by atoms with Gasteiger partial charge in [-0.3, -0.25) is 4.99 Å². The normalized spacial score (nSPS) is 11.5. The molecule has 0 aliphatic carbocycles. The van der Waals surface area contributed by atoms with Gasteiger partial charge in [-0.25, -0.2) is 4.79 Å². The smallest absolute Gasteiger partial charge is 0.407 e. The SMILES string of the molecule is CN=C(NCCCOc1cccc(OC)c1)NCCNC(=O)OC(C)(C)C. The van der Waals surface area contributed by atoms with Crippen LogP contribution in [-0.2, 0) is 4.74 Å². The van der Waals surface area contributed by atoms with Crippen molar-refractivity contribution >= 4 is 12.1 Å². The van der Waals surface area contributed by atoms with Gasteiger partial charge in [0.05, 0.1) is 13.7 Å². The number of hydrogen-bond acceptors (Lipinski definition) is 5. The van der Waals surface area contributed by atoms with Crippen molar-refractivity contribution in [3.8, 4) is 11.5 Å². The van der Waals surface area contributed by atoms with E-state index >= 15 is 0 Å². The zero-order valence-electron chi connectivity index (χ0n) is 16.9. The number of ether oxygens (including phenoxy) is 3. The molecule has 0 aliphatic heterocycles. The molecule has 0 bridgehead atoms. The summed E-state index contributed by atoms with van der Waals surface area (Å²) in [5.74, 6) is 2.22. The second-order valence-corrected chi connectivity index (χ2v) is 6.74. The van der Waals surface area contributed by atoms with Crippen molar-refractivity contribution in [2.75, 3.05) is 40.4 Å². The first-order valence-corrected chi connectivity index (χ1v) is 9.02. The summed E-state index contributed by atoms with van der Waals surface area (Å²) in [6, 6.07) is 7.52. The van der Waals surface area contributed by atoms with Crippen LogP contribution in [0.4, 0.5) is 4.79 Å². The van der Waals surface area contributed by atoms with Crippen LogP contribution in [0.5, 0.6) is 11.5 Å². The second-order valence-electron chi connectivity index (χ2n) is 6.74. The van der Waals surface area contributed by atoms with Crippen LogP contribution in [0, 0.1) is 0 Å². The molecule has 0 aromatic heterocycles. The molecule has 1 rings (SSSR count). The van der Waals surface area contributed by atoms with E-state index in [4.69, 9.17) is 14.2 Å². The van der Waals surface area contributed by atoms with Crippen LogP contribution < -0.4 is 25.4 Å². The third kappa shape index (κ3) is 10.8. The number of rotatable bonds is 9. The number of aliphatic imine (C=N–C) groups is 1. The minimum atomic E-state index is -0.498. The molecule has 0 unspecified atom stereocenters. The van der Waals surface area contributed by atoms with Crippen LogP contribution in [-0.4, -0.2) is 58.1 Å². The maximum absolute atomic E-state index is 11.5. The number of hydrogen-bond donors (Lipinski definition) is 3. The Balaban J connectivity index is 2.13. The Hall–Kier alpha value is -2.64. The van der Waals surface area contributed by atoms with Crippen LogP contribution in [0.15, 0.2) is 29.3 Å². The third-order valence-electron chi connectivity index (χ3n) is 3.23. The lowest BCUT2D eigenvalue weighted by atomic mass is 10.2. The number of carbonyl (C=O) groups is 1. The van der Waals surface area contributed by atoms with Crippen molar-refractivity contribution in [3.63, 3.8) is 0 Å². The van der Waals surface area contributed by atoms with Crippen LogP contribution in [0.1, 0.15) is 27.2 Å². The van der Waals surface area contributed by atoms with Crippen molar-refractivity contribution < 1.29 is 19.0 Å². The molecule has 0 aliphatic rings. The van der Waals surface area contributed by atoms with Crippen molar-refractivity contribution in [3.05, 3.63) is 24.3 Å². The van der Waals surface area contributed by atoms with Crippen LogP contribution in [0.3, 0.4) is 0 Å². The van der Waals surface area contributed by atoms with Gasteiger partial charge in [-0.05, 0) is 39.3 Å². The Morgan fingerprint density at radius 1 is 1.07 bits per heavy atom. The highest BCUT2D eigenvalue weighted by molar-refractivity contribution is 5.79. The van der Waals surface area contributed by atoms with Crippen LogP contribution in [0.25, 0.3) is 0 Å². The Morgan fingerprint density at radius 3 is 2.41 bits per heavy atom. The molecule has 0 heterocycles. The van der Waals surface area contributed by atoms with Crippen molar-refractivity contribution in [2.45, 2.75) is 32.8 Å². The van der Waals surface area contributed by atoms with Gasteiger partial charge >= 0.3 is 6.09 Å². The highest BCUT2D eigenvalue weighted by atomic mass is 16.6. The lowest BCUT2D eigenvalue weighted by molar-refractivity contribution is 0.0529. The van der Waals surface area contributed by atoms with E-state index in [-0.39, 0.29) is 0 Å². The summed E-state index contributed by atoms with van der Waals surface area (Å²) in [7, 11) is 3.33. The van der Waals surface area contributed by atoms with Crippen LogP contribution in [0.2, 0.25) is 0 Å². The molecule has 3 N–H and O–H groups in total. The van der Waals surface area contributed by atoms with Crippen molar-refractivity contribution in [2.24, 2.45) is 4.99 Å². The Kier molecular flexibility index (Phi) is 9.85. The number of nitrogens with zero attached hydrogens (tertiary/aromatic N) is 1. The highest BCUT2D eigenvalue weighted by Crippen LogP contribution is 2.18. The topological polar surface area (TPSA) is 93.2 Å². The van der Waals surface area contributed by atoms with Gasteiger partial charge in [-0.2, -0.15) is 0 Å². The third-order valence-corrected chi connectivity index (χ3v) is 3.23. The lowest BCUT2D eigenvalue weighted by Gasteiger charge is -2.19. The van der Waals surface area contributed by atoms with E-state index in [1.54, 1.807) is 14.2 Å². The molecule has 27 heavy (non-hydrogen) atoms. The molecule has 8 heteroatoms. The average Bonchev–Trinajstić information content (AvgIpc) is 2.61. The number of benzene rings is 1. The summed E-state index contributed by atoms with van der Waals surface area (Å²) < 4.78 is 16.0. The van der Waals surface area contributed by atoms with Gasteiger partial charge in [-0.1, -0.05) is 6.07 Å². The molecule has 0 atom stereocenters. The maximum atomic E-state index is 11.5. The van der Waals surface area contributed by atoms with Gasteiger partial charge in [0, 0.05) is 32.7 Å². The summed E-state index contributed by atoms with van der Waals surface area (Å²) >= 11 is 0. The number of guanidine groups is 1. The zero-order chi connectivity index (χ0) is 20.1. The van der Waals surface area contributed by atoms with E-state index in [2.05, 4.69) is 20.9 Å². The molecule has 0 radical (unpaired) electrons. The Labute approximate surface area is 161 Å². The molecule has 0 saturated carbocycles. The van der Waals surface area contributed by atoms with E-state index < -0.39 is 11.7 Å². The Morgan fingerprint density at radius 2 is 1.74 bits per heavy atom. The minimum absolute atomic E-state index is 0.429. The van der Waals surface area contributed by atoms with E-state index in [1.807, 2.05) is 45.0 Å². The average molecular weight is 380 g/mol. The largest absolute Gasteiger partial charge is 0.497 e. The first-order valence-electron chi connectivity index (χ1n) is 9.02. The first kappa shape index (κ1) is 22.4. The summed E-state index contributed by atoms with van der Waals surface area (Å²) in [6.07, 6.45) is 0.385. The zero-order valence-corrected chi connectivity index (χ0v) is 16.9. The highest BCUT2D eigenvalue weighted by Gasteiger charge is 2.15. The molecule has 1 aromatic rings. The number of methoxy groups -OCH3 is 1. The Bertz CT molecular complexity index is 600. The molecule has 152 valence electrons. The summed E-state index contributed by atoms with van der Waals surface area (Å²) in [4.78, 5) is 15.7. The summed E-state index contributed by atoms with van der Waals surface area (Å²) in [6.45, 7) is 7.76. The molecule has 0 spiro atoms. The molecule has 0 saturated heterocycles. The maximum Gasteiger partial charge on any atom is 0.407 e. The lowest BCUT2D eigenvalue weighted by Crippen LogP contribution is -2.42. The number of nitrogens with one attached hydrogen (secondary N) is 3. The monoisotopic (exact) mass is 380 g/mol. The first-order chi connectivity index (χ1) is 12.8. The van der Waals surface area contributed by atoms with Crippen LogP contribution >= 0.6 is 0 Å². The van der Waals surface area contributed by atoms with Gasteiger partial charge in [0.2, 0.25) is 0 Å². The molecular weight excluding hydrogens is 348 g/mol. The second kappa shape index (κ2) is 11.9. The molecule has 8 nitrogen and oxygen atoms in total. The van der Waals surface area contributed by atoms with Gasteiger partial charge in [-0.15, -0.1) is 0 Å². The predicted molar refractivity (Wildman–Crippen MR) is 107 cm³/mol. The minimum Gasteiger partial charge on any atom is -0.497 e. The number of alkyl carbamates (subject to hydrolysis) is 1. The van der Waals surface area contributed by atoms with E-state index in [0.29, 0.717) is 32.2 Å². The van der Waals surface area contributed by atoms with Gasteiger partial charge < -0.3 is 30.2 Å². The molecule has 1 aromatic carbocycles. The quantitative estimate of drug-likeness (QED) is 0.345. The predicted octanol–water partition coefficient (Wildman–Crippen LogP) is 2.15. The van der Waals surface area contributed by atoms with E-state index in [0.717, 1.165) is 17.9 Å². The molecular formula is C19H32N4O4. The summed E-state index contributed by atoms with van der Waals surface area (Å²) in [5.41, 5.74) is -0.498. The fraction of sp³-hybridized carbons (Fsp3) is 0.579. The van der Waals surface area contributed by atoms with Gasteiger partial charge in [0.25, 0.3) is 0 Å².